The fourth-order valence-corrected chi connectivity index (χ4v) is 2.18. The first-order valence-electron chi connectivity index (χ1n) is 5.24. The first-order valence-corrected chi connectivity index (χ1v) is 6.06. The number of nitrogens with one attached hydrogen (secondary N) is 1. The molecule has 0 aliphatic rings. The minimum Gasteiger partial charge on any atom is -0.384 e. The number of nitrogen functional groups attached to an aromatic ring is 1. The summed E-state index contributed by atoms with van der Waals surface area (Å²) in [5, 5.41) is 7.70. The number of pyridine rings is 1. The molecule has 5 nitrogen and oxygen atoms in total. The van der Waals surface area contributed by atoms with Crippen molar-refractivity contribution in [3.8, 4) is 0 Å². The first-order chi connectivity index (χ1) is 9.38. The number of hydrogen-bond donors (Lipinski definition) is 2. The summed E-state index contributed by atoms with van der Waals surface area (Å²) >= 11 is 0.867. The number of alkyl halides is 3. The maximum Gasteiger partial charge on any atom is 0.433 e. The molecule has 0 aromatic carbocycles. The standard InChI is InChI=1S/C11H8F3N5S/c12-11(13,14)7-2-1-6(9(15)16)10(19-7)20-8-5-17-3-4-18-8/h1-5H,(H3,15,16). The number of nitrogens with two attached hydrogens (primary N) is 1. The monoisotopic (exact) mass is 299 g/mol. The normalized spacial score (nSPS) is 11.3. The third-order valence-corrected chi connectivity index (χ3v) is 3.11. The maximum absolute atomic E-state index is 12.7. The van der Waals surface area contributed by atoms with Crippen molar-refractivity contribution in [3.05, 3.63) is 42.0 Å². The molecule has 0 atom stereocenters. The predicted molar refractivity (Wildman–Crippen MR) is 66.4 cm³/mol. The topological polar surface area (TPSA) is 88.5 Å². The van der Waals surface area contributed by atoms with E-state index >= 15 is 0 Å². The van der Waals surface area contributed by atoms with E-state index < -0.39 is 11.9 Å². The number of halogens is 3. The molecule has 0 aliphatic carbocycles. The van der Waals surface area contributed by atoms with E-state index in [1.807, 2.05) is 0 Å². The molecule has 0 amide bonds. The fourth-order valence-electron chi connectivity index (χ4n) is 1.32. The van der Waals surface area contributed by atoms with Crippen LogP contribution in [0.5, 0.6) is 0 Å². The molecule has 2 aromatic heterocycles. The van der Waals surface area contributed by atoms with E-state index in [4.69, 9.17) is 11.1 Å². The van der Waals surface area contributed by atoms with E-state index in [1.165, 1.54) is 18.6 Å². The van der Waals surface area contributed by atoms with Gasteiger partial charge in [0.2, 0.25) is 0 Å². The highest BCUT2D eigenvalue weighted by Crippen LogP contribution is 2.32. The van der Waals surface area contributed by atoms with Gasteiger partial charge in [-0.25, -0.2) is 9.97 Å². The van der Waals surface area contributed by atoms with Crippen LogP contribution in [0.4, 0.5) is 13.2 Å². The lowest BCUT2D eigenvalue weighted by Crippen LogP contribution is -2.16. The van der Waals surface area contributed by atoms with Crippen LogP contribution in [-0.2, 0) is 6.18 Å². The highest BCUT2D eigenvalue weighted by molar-refractivity contribution is 7.99. The molecule has 2 aromatic rings. The van der Waals surface area contributed by atoms with Gasteiger partial charge in [-0.15, -0.1) is 0 Å². The summed E-state index contributed by atoms with van der Waals surface area (Å²) in [6.07, 6.45) is -0.331. The molecule has 0 radical (unpaired) electrons. The third-order valence-electron chi connectivity index (χ3n) is 2.18. The molecular weight excluding hydrogens is 291 g/mol. The lowest BCUT2D eigenvalue weighted by atomic mass is 10.2. The van der Waals surface area contributed by atoms with Gasteiger partial charge in [0.1, 0.15) is 21.6 Å². The molecule has 0 bridgehead atoms. The zero-order valence-electron chi connectivity index (χ0n) is 9.85. The SMILES string of the molecule is N=C(N)c1ccc(C(F)(F)F)nc1Sc1cnccn1. The molecule has 9 heteroatoms. The third kappa shape index (κ3) is 3.23. The van der Waals surface area contributed by atoms with E-state index in [9.17, 15) is 13.2 Å². The average Bonchev–Trinajstić information content (AvgIpc) is 2.38. The Kier molecular flexibility index (Phi) is 3.89. The van der Waals surface area contributed by atoms with Gasteiger partial charge >= 0.3 is 6.18 Å². The van der Waals surface area contributed by atoms with Gasteiger partial charge in [0.05, 0.1) is 6.20 Å². The van der Waals surface area contributed by atoms with Crippen molar-refractivity contribution in [1.29, 1.82) is 5.41 Å². The minimum atomic E-state index is -4.56. The second kappa shape index (κ2) is 5.45. The van der Waals surface area contributed by atoms with Gasteiger partial charge in [-0.3, -0.25) is 10.4 Å². The van der Waals surface area contributed by atoms with Gasteiger partial charge in [0.25, 0.3) is 0 Å². The summed E-state index contributed by atoms with van der Waals surface area (Å²) in [5.74, 6) is -0.363. The van der Waals surface area contributed by atoms with Gasteiger partial charge in [0, 0.05) is 18.0 Å². The van der Waals surface area contributed by atoms with Crippen LogP contribution in [0.25, 0.3) is 0 Å². The quantitative estimate of drug-likeness (QED) is 0.670. The molecule has 2 rings (SSSR count). The van der Waals surface area contributed by atoms with Crippen molar-refractivity contribution in [3.63, 3.8) is 0 Å². The van der Waals surface area contributed by atoms with Gasteiger partial charge in [-0.1, -0.05) is 0 Å². The van der Waals surface area contributed by atoms with Crippen LogP contribution in [0, 0.1) is 5.41 Å². The number of nitrogens with zero attached hydrogens (tertiary/aromatic N) is 3. The molecule has 104 valence electrons. The van der Waals surface area contributed by atoms with Crippen molar-refractivity contribution in [2.75, 3.05) is 0 Å². The summed E-state index contributed by atoms with van der Waals surface area (Å²) in [6.45, 7) is 0. The molecule has 2 heterocycles. The first kappa shape index (κ1) is 14.3. The van der Waals surface area contributed by atoms with E-state index in [2.05, 4.69) is 15.0 Å². The van der Waals surface area contributed by atoms with E-state index in [-0.39, 0.29) is 16.4 Å². The van der Waals surface area contributed by atoms with E-state index in [0.29, 0.717) is 5.03 Å². The minimum absolute atomic E-state index is 0.0344. The largest absolute Gasteiger partial charge is 0.433 e. The molecule has 0 saturated carbocycles. The molecular formula is C11H8F3N5S. The fraction of sp³-hybridized carbons (Fsp3) is 0.0909. The summed E-state index contributed by atoms with van der Waals surface area (Å²) in [7, 11) is 0. The van der Waals surface area contributed by atoms with Crippen molar-refractivity contribution < 1.29 is 13.2 Å². The number of hydrogen-bond acceptors (Lipinski definition) is 5. The lowest BCUT2D eigenvalue weighted by Gasteiger charge is -2.10. The molecule has 3 N–H and O–H groups in total. The van der Waals surface area contributed by atoms with E-state index in [0.717, 1.165) is 23.9 Å². The van der Waals surface area contributed by atoms with Crippen LogP contribution in [0.15, 0.2) is 40.8 Å². The number of rotatable bonds is 3. The van der Waals surface area contributed by atoms with Gasteiger partial charge < -0.3 is 5.73 Å². The summed E-state index contributed by atoms with van der Waals surface area (Å²) < 4.78 is 38.0. The molecule has 0 fully saturated rings. The molecule has 0 aliphatic heterocycles. The highest BCUT2D eigenvalue weighted by Gasteiger charge is 2.33. The van der Waals surface area contributed by atoms with Crippen molar-refractivity contribution >= 4 is 17.6 Å². The Labute approximate surface area is 116 Å². The summed E-state index contributed by atoms with van der Waals surface area (Å²) in [6, 6.07) is 1.91. The Morgan fingerprint density at radius 1 is 1.25 bits per heavy atom. The molecule has 0 saturated heterocycles. The zero-order chi connectivity index (χ0) is 14.8. The van der Waals surface area contributed by atoms with Crippen LogP contribution in [-0.4, -0.2) is 20.8 Å². The number of amidine groups is 1. The Morgan fingerprint density at radius 2 is 2.00 bits per heavy atom. The average molecular weight is 299 g/mol. The molecule has 20 heavy (non-hydrogen) atoms. The van der Waals surface area contributed by atoms with Crippen LogP contribution in [0.2, 0.25) is 0 Å². The van der Waals surface area contributed by atoms with Crippen LogP contribution in [0.1, 0.15) is 11.3 Å². The van der Waals surface area contributed by atoms with Crippen LogP contribution < -0.4 is 5.73 Å². The lowest BCUT2D eigenvalue weighted by molar-refractivity contribution is -0.141. The maximum atomic E-state index is 12.7. The van der Waals surface area contributed by atoms with Gasteiger partial charge in [-0.2, -0.15) is 13.2 Å². The van der Waals surface area contributed by atoms with Crippen molar-refractivity contribution in [1.82, 2.24) is 15.0 Å². The van der Waals surface area contributed by atoms with Gasteiger partial charge in [-0.05, 0) is 23.9 Å². The predicted octanol–water partition coefficient (Wildman–Crippen LogP) is 2.33. The van der Waals surface area contributed by atoms with Crippen molar-refractivity contribution in [2.45, 2.75) is 16.2 Å². The van der Waals surface area contributed by atoms with E-state index in [1.54, 1.807) is 0 Å². The molecule has 0 spiro atoms. The molecule has 0 unspecified atom stereocenters. The van der Waals surface area contributed by atoms with Gasteiger partial charge in [0.15, 0.2) is 0 Å². The van der Waals surface area contributed by atoms with Crippen LogP contribution in [0.3, 0.4) is 0 Å². The Morgan fingerprint density at radius 3 is 2.55 bits per heavy atom. The Balaban J connectivity index is 2.45. The highest BCUT2D eigenvalue weighted by atomic mass is 32.2. The zero-order valence-corrected chi connectivity index (χ0v) is 10.7. The summed E-state index contributed by atoms with van der Waals surface area (Å²) in [4.78, 5) is 11.3. The Bertz CT molecular complexity index is 630. The number of aromatic nitrogens is 3. The Hall–Kier alpha value is -2.16. The van der Waals surface area contributed by atoms with Crippen molar-refractivity contribution in [2.24, 2.45) is 5.73 Å². The van der Waals surface area contributed by atoms with Crippen LogP contribution >= 0.6 is 11.8 Å². The second-order valence-corrected chi connectivity index (χ2v) is 4.62. The smallest absolute Gasteiger partial charge is 0.384 e. The second-order valence-electron chi connectivity index (χ2n) is 3.61. The summed E-state index contributed by atoms with van der Waals surface area (Å²) in [5.41, 5.74) is 4.41.